The van der Waals surface area contributed by atoms with Crippen molar-refractivity contribution >= 4 is 22.8 Å². The number of hydrogen-bond donors (Lipinski definition) is 1. The number of rotatable bonds is 3. The summed E-state index contributed by atoms with van der Waals surface area (Å²) in [5.41, 5.74) is 0.966. The Kier molecular flexibility index (Phi) is 4.71. The van der Waals surface area contributed by atoms with Crippen molar-refractivity contribution in [2.45, 2.75) is 26.3 Å². The third kappa shape index (κ3) is 3.09. The van der Waals surface area contributed by atoms with Crippen molar-refractivity contribution in [1.29, 1.82) is 0 Å². The van der Waals surface area contributed by atoms with Gasteiger partial charge in [0.15, 0.2) is 5.43 Å². The SMILES string of the molecule is Cc1cc(=O)c2ccccc2n1CC(=O)N1CC(C(=O)O)C2(CCOCC2)C1. The summed E-state index contributed by atoms with van der Waals surface area (Å²) in [6, 6.07) is 8.78. The summed E-state index contributed by atoms with van der Waals surface area (Å²) >= 11 is 0. The molecule has 0 radical (unpaired) electrons. The standard InChI is InChI=1S/C21H24N2O5/c1-14-10-18(24)15-4-2-3-5-17(15)23(14)12-19(25)22-11-16(20(26)27)21(13-22)6-8-28-9-7-21/h2-5,10,16H,6-9,11-13H2,1H3,(H,26,27). The molecule has 1 amide bonds. The molecule has 2 aliphatic rings. The lowest BCUT2D eigenvalue weighted by atomic mass is 9.72. The van der Waals surface area contributed by atoms with E-state index >= 15 is 0 Å². The van der Waals surface area contributed by atoms with E-state index in [0.717, 1.165) is 5.52 Å². The van der Waals surface area contributed by atoms with Gasteiger partial charge in [0.1, 0.15) is 6.54 Å². The number of hydrogen-bond acceptors (Lipinski definition) is 4. The third-order valence-electron chi connectivity index (χ3n) is 6.31. The molecule has 0 saturated carbocycles. The second kappa shape index (κ2) is 7.05. The predicted octanol–water partition coefficient (Wildman–Crippen LogP) is 1.65. The van der Waals surface area contributed by atoms with E-state index in [0.29, 0.717) is 43.7 Å². The van der Waals surface area contributed by atoms with E-state index in [9.17, 15) is 19.5 Å². The van der Waals surface area contributed by atoms with Gasteiger partial charge in [0, 0.05) is 48.9 Å². The molecule has 0 bridgehead atoms. The van der Waals surface area contributed by atoms with Crippen LogP contribution in [0.1, 0.15) is 18.5 Å². The molecule has 2 aromatic rings. The summed E-state index contributed by atoms with van der Waals surface area (Å²) < 4.78 is 7.26. The average Bonchev–Trinajstić information content (AvgIpc) is 3.04. The highest BCUT2D eigenvalue weighted by Gasteiger charge is 2.51. The fourth-order valence-electron chi connectivity index (χ4n) is 4.68. The van der Waals surface area contributed by atoms with Gasteiger partial charge in [-0.2, -0.15) is 0 Å². The molecule has 3 heterocycles. The van der Waals surface area contributed by atoms with E-state index in [1.54, 1.807) is 23.1 Å². The van der Waals surface area contributed by atoms with Gasteiger partial charge in [-0.1, -0.05) is 12.1 Å². The Balaban J connectivity index is 1.62. The van der Waals surface area contributed by atoms with Crippen LogP contribution in [0.3, 0.4) is 0 Å². The van der Waals surface area contributed by atoms with E-state index in [-0.39, 0.29) is 24.4 Å². The Labute approximate surface area is 162 Å². The summed E-state index contributed by atoms with van der Waals surface area (Å²) in [4.78, 5) is 38.8. The minimum Gasteiger partial charge on any atom is -0.481 e. The van der Waals surface area contributed by atoms with Crippen LogP contribution in [0.5, 0.6) is 0 Å². The van der Waals surface area contributed by atoms with Crippen LogP contribution in [0.4, 0.5) is 0 Å². The molecule has 1 N–H and O–H groups in total. The van der Waals surface area contributed by atoms with Crippen LogP contribution in [0.2, 0.25) is 0 Å². The molecule has 7 heteroatoms. The molecule has 2 fully saturated rings. The van der Waals surface area contributed by atoms with Crippen molar-refractivity contribution in [2.75, 3.05) is 26.3 Å². The largest absolute Gasteiger partial charge is 0.481 e. The number of carbonyl (C=O) groups excluding carboxylic acids is 1. The smallest absolute Gasteiger partial charge is 0.308 e. The molecule has 2 saturated heterocycles. The third-order valence-corrected chi connectivity index (χ3v) is 6.31. The number of carbonyl (C=O) groups is 2. The summed E-state index contributed by atoms with van der Waals surface area (Å²) in [5, 5.41) is 10.3. The number of aliphatic carboxylic acids is 1. The lowest BCUT2D eigenvalue weighted by molar-refractivity contribution is -0.146. The molecule has 148 valence electrons. The van der Waals surface area contributed by atoms with Gasteiger partial charge in [-0.05, 0) is 31.9 Å². The molecule has 2 aliphatic heterocycles. The van der Waals surface area contributed by atoms with Crippen LogP contribution in [-0.2, 0) is 20.9 Å². The van der Waals surface area contributed by atoms with E-state index in [4.69, 9.17) is 4.74 Å². The van der Waals surface area contributed by atoms with Gasteiger partial charge in [0.25, 0.3) is 0 Å². The Morgan fingerprint density at radius 1 is 1.25 bits per heavy atom. The average molecular weight is 384 g/mol. The zero-order valence-corrected chi connectivity index (χ0v) is 15.9. The number of para-hydroxylation sites is 1. The van der Waals surface area contributed by atoms with E-state index in [2.05, 4.69) is 0 Å². The number of aromatic nitrogens is 1. The number of pyridine rings is 1. The Bertz CT molecular complexity index is 990. The minimum atomic E-state index is -0.845. The van der Waals surface area contributed by atoms with Gasteiger partial charge in [-0.25, -0.2) is 0 Å². The maximum Gasteiger partial charge on any atom is 0.308 e. The van der Waals surface area contributed by atoms with Crippen molar-refractivity contribution in [3.8, 4) is 0 Å². The Hall–Kier alpha value is -2.67. The Morgan fingerprint density at radius 3 is 2.68 bits per heavy atom. The van der Waals surface area contributed by atoms with Crippen LogP contribution in [-0.4, -0.2) is 52.8 Å². The van der Waals surface area contributed by atoms with Crippen molar-refractivity contribution < 1.29 is 19.4 Å². The fourth-order valence-corrected chi connectivity index (χ4v) is 4.68. The molecule has 7 nitrogen and oxygen atoms in total. The maximum atomic E-state index is 13.1. The molecule has 0 aliphatic carbocycles. The molecule has 1 aromatic carbocycles. The molecule has 1 atom stereocenters. The summed E-state index contributed by atoms with van der Waals surface area (Å²) in [6.07, 6.45) is 1.32. The van der Waals surface area contributed by atoms with Gasteiger partial charge in [0.05, 0.1) is 11.4 Å². The van der Waals surface area contributed by atoms with E-state index in [1.165, 1.54) is 0 Å². The summed E-state index contributed by atoms with van der Waals surface area (Å²) in [7, 11) is 0. The van der Waals surface area contributed by atoms with Crippen LogP contribution in [0.15, 0.2) is 35.1 Å². The van der Waals surface area contributed by atoms with Gasteiger partial charge in [-0.3, -0.25) is 14.4 Å². The molecule has 4 rings (SSSR count). The number of fused-ring (bicyclic) bond motifs is 1. The normalized spacial score (nSPS) is 21.3. The number of carboxylic acids is 1. The second-order valence-corrected chi connectivity index (χ2v) is 7.89. The van der Waals surface area contributed by atoms with Crippen LogP contribution >= 0.6 is 0 Å². The van der Waals surface area contributed by atoms with Gasteiger partial charge in [0.2, 0.25) is 5.91 Å². The number of aryl methyl sites for hydroxylation is 1. The highest BCUT2D eigenvalue weighted by Crippen LogP contribution is 2.44. The quantitative estimate of drug-likeness (QED) is 0.869. The molecular weight excluding hydrogens is 360 g/mol. The monoisotopic (exact) mass is 384 g/mol. The van der Waals surface area contributed by atoms with Crippen molar-refractivity contribution in [2.24, 2.45) is 11.3 Å². The van der Waals surface area contributed by atoms with Crippen LogP contribution in [0, 0.1) is 18.3 Å². The lowest BCUT2D eigenvalue weighted by Gasteiger charge is -2.36. The second-order valence-electron chi connectivity index (χ2n) is 7.89. The van der Waals surface area contributed by atoms with Crippen LogP contribution < -0.4 is 5.43 Å². The number of benzene rings is 1. The van der Waals surface area contributed by atoms with Gasteiger partial charge >= 0.3 is 5.97 Å². The van der Waals surface area contributed by atoms with Crippen LogP contribution in [0.25, 0.3) is 10.9 Å². The van der Waals surface area contributed by atoms with Crippen molar-refractivity contribution in [1.82, 2.24) is 9.47 Å². The number of amides is 1. The first-order chi connectivity index (χ1) is 13.4. The minimum absolute atomic E-state index is 0.0647. The first-order valence-electron chi connectivity index (χ1n) is 9.59. The number of ether oxygens (including phenoxy) is 1. The molecule has 28 heavy (non-hydrogen) atoms. The number of carboxylic acid groups (broad SMARTS) is 1. The highest BCUT2D eigenvalue weighted by atomic mass is 16.5. The molecule has 1 spiro atoms. The molecule has 1 aromatic heterocycles. The Morgan fingerprint density at radius 2 is 1.96 bits per heavy atom. The van der Waals surface area contributed by atoms with E-state index < -0.39 is 17.3 Å². The lowest BCUT2D eigenvalue weighted by Crippen LogP contribution is -2.40. The zero-order valence-electron chi connectivity index (χ0n) is 15.9. The summed E-state index contributed by atoms with van der Waals surface area (Å²) in [6.45, 7) is 3.65. The summed E-state index contributed by atoms with van der Waals surface area (Å²) in [5.74, 6) is -1.53. The van der Waals surface area contributed by atoms with Gasteiger partial charge in [-0.15, -0.1) is 0 Å². The first-order valence-corrected chi connectivity index (χ1v) is 9.59. The van der Waals surface area contributed by atoms with E-state index in [1.807, 2.05) is 23.6 Å². The van der Waals surface area contributed by atoms with Crippen molar-refractivity contribution in [3.63, 3.8) is 0 Å². The molecular formula is C21H24N2O5. The van der Waals surface area contributed by atoms with Crippen molar-refractivity contribution in [3.05, 3.63) is 46.2 Å². The predicted molar refractivity (Wildman–Crippen MR) is 103 cm³/mol. The zero-order chi connectivity index (χ0) is 19.9. The molecule has 1 unspecified atom stereocenters. The fraction of sp³-hybridized carbons (Fsp3) is 0.476. The van der Waals surface area contributed by atoms with Gasteiger partial charge < -0.3 is 19.3 Å². The number of nitrogens with zero attached hydrogens (tertiary/aromatic N) is 2. The number of likely N-dealkylation sites (tertiary alicyclic amines) is 1. The highest BCUT2D eigenvalue weighted by molar-refractivity contribution is 5.83. The topological polar surface area (TPSA) is 88.8 Å². The first kappa shape index (κ1) is 18.7. The maximum absolute atomic E-state index is 13.1.